The van der Waals surface area contributed by atoms with Gasteiger partial charge in [0.15, 0.2) is 0 Å². The highest BCUT2D eigenvalue weighted by Gasteiger charge is 2.40. The fourth-order valence-corrected chi connectivity index (χ4v) is 2.89. The van der Waals surface area contributed by atoms with Crippen LogP contribution in [0.5, 0.6) is 0 Å². The minimum atomic E-state index is -0.541. The van der Waals surface area contributed by atoms with Crippen LogP contribution in [0.2, 0.25) is 0 Å². The first kappa shape index (κ1) is 13.1. The van der Waals surface area contributed by atoms with E-state index >= 15 is 0 Å². The average molecular weight is 263 g/mol. The summed E-state index contributed by atoms with van der Waals surface area (Å²) in [7, 11) is 0. The second-order valence-corrected chi connectivity index (χ2v) is 6.16. The zero-order valence-corrected chi connectivity index (χ0v) is 11.4. The molecule has 0 unspecified atom stereocenters. The zero-order chi connectivity index (χ0) is 13.3. The fourth-order valence-electron chi connectivity index (χ4n) is 2.89. The Morgan fingerprint density at radius 3 is 2.53 bits per heavy atom. The zero-order valence-electron chi connectivity index (χ0n) is 11.4. The lowest BCUT2D eigenvalue weighted by Crippen LogP contribution is -2.29. The predicted molar refractivity (Wildman–Crippen MR) is 73.4 cm³/mol. The smallest absolute Gasteiger partial charge is 0.127 e. The number of halogens is 1. The van der Waals surface area contributed by atoms with Crippen LogP contribution in [-0.2, 0) is 13.0 Å². The van der Waals surface area contributed by atoms with Gasteiger partial charge in [-0.3, -0.25) is 4.90 Å². The Kier molecular flexibility index (Phi) is 3.59. The van der Waals surface area contributed by atoms with E-state index in [9.17, 15) is 9.50 Å². The van der Waals surface area contributed by atoms with Gasteiger partial charge in [0, 0.05) is 18.5 Å². The first-order valence-corrected chi connectivity index (χ1v) is 7.37. The van der Waals surface area contributed by atoms with Crippen molar-refractivity contribution in [1.29, 1.82) is 0 Å². The quantitative estimate of drug-likeness (QED) is 0.903. The van der Waals surface area contributed by atoms with Gasteiger partial charge in [0.05, 0.1) is 5.60 Å². The number of hydrogen-bond donors (Lipinski definition) is 1. The second kappa shape index (κ2) is 5.22. The SMILES string of the molecule is OC1(Cc2ccc(CN3CCCCC3)c(F)c2)CC1. The Balaban J connectivity index is 1.65. The number of aliphatic hydroxyl groups is 1. The Morgan fingerprint density at radius 2 is 1.89 bits per heavy atom. The molecule has 1 aliphatic heterocycles. The molecule has 1 aromatic carbocycles. The maximum atomic E-state index is 14.1. The molecule has 104 valence electrons. The van der Waals surface area contributed by atoms with Crippen LogP contribution in [0.1, 0.15) is 43.2 Å². The van der Waals surface area contributed by atoms with E-state index in [1.165, 1.54) is 19.3 Å². The van der Waals surface area contributed by atoms with Crippen molar-refractivity contribution in [2.45, 2.75) is 50.7 Å². The lowest BCUT2D eigenvalue weighted by Gasteiger charge is -2.26. The molecule has 19 heavy (non-hydrogen) atoms. The van der Waals surface area contributed by atoms with Crippen molar-refractivity contribution in [3.63, 3.8) is 0 Å². The predicted octanol–water partition coefficient (Wildman–Crippen LogP) is 2.88. The molecule has 0 spiro atoms. The third-order valence-electron chi connectivity index (χ3n) is 4.32. The molecule has 2 aliphatic rings. The fraction of sp³-hybridized carbons (Fsp3) is 0.625. The molecule has 1 N–H and O–H groups in total. The van der Waals surface area contributed by atoms with Gasteiger partial charge in [-0.25, -0.2) is 4.39 Å². The van der Waals surface area contributed by atoms with Crippen LogP contribution >= 0.6 is 0 Å². The number of nitrogens with zero attached hydrogens (tertiary/aromatic N) is 1. The summed E-state index contributed by atoms with van der Waals surface area (Å²) in [6.07, 6.45) is 6.05. The Labute approximate surface area is 114 Å². The van der Waals surface area contributed by atoms with E-state index in [-0.39, 0.29) is 5.82 Å². The summed E-state index contributed by atoms with van der Waals surface area (Å²) in [5.41, 5.74) is 1.16. The first-order chi connectivity index (χ1) is 9.15. The van der Waals surface area contributed by atoms with Gasteiger partial charge in [-0.05, 0) is 50.4 Å². The second-order valence-electron chi connectivity index (χ2n) is 6.16. The third-order valence-corrected chi connectivity index (χ3v) is 4.32. The lowest BCUT2D eigenvalue weighted by molar-refractivity contribution is 0.151. The molecule has 2 nitrogen and oxygen atoms in total. The Bertz CT molecular complexity index is 450. The average Bonchev–Trinajstić information content (AvgIpc) is 3.12. The molecule has 1 saturated carbocycles. The van der Waals surface area contributed by atoms with Crippen LogP contribution in [-0.4, -0.2) is 28.7 Å². The molecule has 0 aromatic heterocycles. The van der Waals surface area contributed by atoms with Crippen molar-refractivity contribution < 1.29 is 9.50 Å². The topological polar surface area (TPSA) is 23.5 Å². The molecule has 1 heterocycles. The van der Waals surface area contributed by atoms with Gasteiger partial charge in [0.25, 0.3) is 0 Å². The molecule has 3 heteroatoms. The van der Waals surface area contributed by atoms with Crippen LogP contribution in [0.4, 0.5) is 4.39 Å². The number of hydrogen-bond acceptors (Lipinski definition) is 2. The number of rotatable bonds is 4. The summed E-state index contributed by atoms with van der Waals surface area (Å²) in [5, 5.41) is 9.87. The largest absolute Gasteiger partial charge is 0.390 e. The van der Waals surface area contributed by atoms with E-state index in [4.69, 9.17) is 0 Å². The maximum Gasteiger partial charge on any atom is 0.127 e. The van der Waals surface area contributed by atoms with Gasteiger partial charge in [-0.1, -0.05) is 18.6 Å². The van der Waals surface area contributed by atoms with Gasteiger partial charge in [-0.2, -0.15) is 0 Å². The molecule has 3 rings (SSSR count). The van der Waals surface area contributed by atoms with Gasteiger partial charge in [0.2, 0.25) is 0 Å². The third kappa shape index (κ3) is 3.34. The summed E-state index contributed by atoms with van der Waals surface area (Å²) in [6.45, 7) is 2.89. The van der Waals surface area contributed by atoms with Gasteiger partial charge >= 0.3 is 0 Å². The molecule has 1 aliphatic carbocycles. The van der Waals surface area contributed by atoms with Crippen molar-refractivity contribution in [2.75, 3.05) is 13.1 Å². The van der Waals surface area contributed by atoms with Crippen molar-refractivity contribution in [1.82, 2.24) is 4.90 Å². The number of piperidine rings is 1. The maximum absolute atomic E-state index is 14.1. The van der Waals surface area contributed by atoms with E-state index in [1.807, 2.05) is 12.1 Å². The Hall–Kier alpha value is -0.930. The molecule has 0 radical (unpaired) electrons. The van der Waals surface area contributed by atoms with Gasteiger partial charge in [-0.15, -0.1) is 0 Å². The van der Waals surface area contributed by atoms with Gasteiger partial charge < -0.3 is 5.11 Å². The van der Waals surface area contributed by atoms with Crippen molar-refractivity contribution in [3.8, 4) is 0 Å². The standard InChI is InChI=1S/C16H22FNO/c17-15-10-13(11-16(19)6-7-16)4-5-14(15)12-18-8-2-1-3-9-18/h4-5,10,19H,1-3,6-9,11-12H2. The van der Waals surface area contributed by atoms with E-state index in [0.717, 1.165) is 43.6 Å². The van der Waals surface area contributed by atoms with E-state index in [1.54, 1.807) is 6.07 Å². The molecular weight excluding hydrogens is 241 g/mol. The monoisotopic (exact) mass is 263 g/mol. The van der Waals surface area contributed by atoms with Crippen LogP contribution in [0.3, 0.4) is 0 Å². The van der Waals surface area contributed by atoms with Crippen LogP contribution in [0, 0.1) is 5.82 Å². The molecule has 1 aromatic rings. The molecule has 1 saturated heterocycles. The lowest BCUT2D eigenvalue weighted by atomic mass is 10.0. The molecular formula is C16H22FNO. The minimum absolute atomic E-state index is 0.118. The summed E-state index contributed by atoms with van der Waals surface area (Å²) in [5.74, 6) is -0.118. The van der Waals surface area contributed by atoms with E-state index < -0.39 is 5.60 Å². The highest BCUT2D eigenvalue weighted by Crippen LogP contribution is 2.38. The Morgan fingerprint density at radius 1 is 1.16 bits per heavy atom. The summed E-state index contributed by atoms with van der Waals surface area (Å²) in [6, 6.07) is 5.47. The molecule has 0 atom stereocenters. The number of benzene rings is 1. The number of likely N-dealkylation sites (tertiary alicyclic amines) is 1. The van der Waals surface area contributed by atoms with Crippen LogP contribution in [0.25, 0.3) is 0 Å². The summed E-state index contributed by atoms with van der Waals surface area (Å²) >= 11 is 0. The highest BCUT2D eigenvalue weighted by molar-refractivity contribution is 5.26. The van der Waals surface area contributed by atoms with Crippen molar-refractivity contribution in [2.24, 2.45) is 0 Å². The van der Waals surface area contributed by atoms with Crippen molar-refractivity contribution in [3.05, 3.63) is 35.1 Å². The normalized spacial score (nSPS) is 22.4. The van der Waals surface area contributed by atoms with Crippen LogP contribution < -0.4 is 0 Å². The van der Waals surface area contributed by atoms with E-state index in [2.05, 4.69) is 4.90 Å². The first-order valence-electron chi connectivity index (χ1n) is 7.37. The molecule has 0 bridgehead atoms. The summed E-state index contributed by atoms with van der Waals surface area (Å²) < 4.78 is 14.1. The molecule has 2 fully saturated rings. The van der Waals surface area contributed by atoms with E-state index in [0.29, 0.717) is 6.42 Å². The van der Waals surface area contributed by atoms with Gasteiger partial charge in [0.1, 0.15) is 5.82 Å². The molecule has 0 amide bonds. The van der Waals surface area contributed by atoms with Crippen LogP contribution in [0.15, 0.2) is 18.2 Å². The van der Waals surface area contributed by atoms with Crippen molar-refractivity contribution >= 4 is 0 Å². The summed E-state index contributed by atoms with van der Waals surface area (Å²) in [4.78, 5) is 2.33. The highest BCUT2D eigenvalue weighted by atomic mass is 19.1. The minimum Gasteiger partial charge on any atom is -0.390 e.